The molecule has 6 aromatic rings. The van der Waals surface area contributed by atoms with Crippen molar-refractivity contribution in [2.24, 2.45) is 0 Å². The fraction of sp³-hybridized carbons (Fsp3) is 0.0741. The first-order chi connectivity index (χ1) is 15.9. The van der Waals surface area contributed by atoms with Gasteiger partial charge in [0.25, 0.3) is 0 Å². The number of allylic oxidation sites excluding steroid dienone is 1. The van der Waals surface area contributed by atoms with Crippen molar-refractivity contribution in [3.8, 4) is 11.8 Å². The van der Waals surface area contributed by atoms with Gasteiger partial charge in [-0.1, -0.05) is 42.5 Å². The average molecular weight is 413 g/mol. The highest BCUT2D eigenvalue weighted by Gasteiger charge is 2.24. The van der Waals surface area contributed by atoms with E-state index in [9.17, 15) is 0 Å². The predicted octanol–water partition coefficient (Wildman–Crippen LogP) is 5.87. The zero-order valence-corrected chi connectivity index (χ0v) is 17.3. The summed E-state index contributed by atoms with van der Waals surface area (Å²) < 4.78 is 4.50. The number of fused-ring (bicyclic) bond motifs is 7. The van der Waals surface area contributed by atoms with Crippen LogP contribution in [-0.4, -0.2) is 24.1 Å². The van der Waals surface area contributed by atoms with E-state index >= 15 is 0 Å². The number of para-hydroxylation sites is 1. The lowest BCUT2D eigenvalue weighted by Gasteiger charge is -2.11. The van der Waals surface area contributed by atoms with Crippen molar-refractivity contribution in [3.05, 3.63) is 96.6 Å². The predicted molar refractivity (Wildman–Crippen MR) is 128 cm³/mol. The monoisotopic (exact) mass is 413 g/mol. The van der Waals surface area contributed by atoms with Gasteiger partial charge in [0.2, 0.25) is 5.95 Å². The minimum absolute atomic E-state index is 0.690. The fourth-order valence-corrected chi connectivity index (χ4v) is 5.10. The van der Waals surface area contributed by atoms with Crippen LogP contribution in [0.15, 0.2) is 85.3 Å². The molecule has 0 saturated heterocycles. The molecule has 0 spiro atoms. The van der Waals surface area contributed by atoms with E-state index < -0.39 is 0 Å². The van der Waals surface area contributed by atoms with Crippen molar-refractivity contribution in [2.45, 2.75) is 12.8 Å². The maximum absolute atomic E-state index is 4.72. The Kier molecular flexibility index (Phi) is 3.61. The lowest BCUT2D eigenvalue weighted by Crippen LogP contribution is -2.05. The molecule has 32 heavy (non-hydrogen) atoms. The number of nitrogens with zero attached hydrogens (tertiary/aromatic N) is 5. The lowest BCUT2D eigenvalue weighted by molar-refractivity contribution is 0.917. The summed E-state index contributed by atoms with van der Waals surface area (Å²) in [5, 5.41) is 3.67. The molecule has 4 aromatic heterocycles. The molecule has 0 fully saturated rings. The van der Waals surface area contributed by atoms with Gasteiger partial charge in [0.15, 0.2) is 0 Å². The summed E-state index contributed by atoms with van der Waals surface area (Å²) in [5.74, 6) is 1.59. The molecule has 0 bridgehead atoms. The van der Waals surface area contributed by atoms with Crippen LogP contribution in [0, 0.1) is 0 Å². The molecule has 1 aliphatic rings. The van der Waals surface area contributed by atoms with E-state index in [1.165, 1.54) is 27.4 Å². The molecular weight excluding hydrogens is 394 g/mol. The van der Waals surface area contributed by atoms with Crippen LogP contribution in [-0.2, 0) is 6.42 Å². The summed E-state index contributed by atoms with van der Waals surface area (Å²) in [5.41, 5.74) is 5.94. The van der Waals surface area contributed by atoms with Crippen molar-refractivity contribution in [1.29, 1.82) is 0 Å². The van der Waals surface area contributed by atoms with Gasteiger partial charge >= 0.3 is 0 Å². The molecule has 2 aromatic carbocycles. The summed E-state index contributed by atoms with van der Waals surface area (Å²) >= 11 is 0. The molecule has 0 saturated carbocycles. The van der Waals surface area contributed by atoms with E-state index in [-0.39, 0.29) is 0 Å². The van der Waals surface area contributed by atoms with Gasteiger partial charge in [-0.25, -0.2) is 15.0 Å². The Morgan fingerprint density at radius 3 is 2.31 bits per heavy atom. The standard InChI is InChI=1S/C27H19N5/c1-3-10-22-18(8-1)20-13-14-21-19-9-2-4-11-23(19)32(27-29-16-7-17-30-27)26(21)25(20)31(22)24-12-5-6-15-28-24/h1,3-8,10-17H,2,9H2. The van der Waals surface area contributed by atoms with Gasteiger partial charge in [-0.05, 0) is 48.7 Å². The number of benzene rings is 2. The van der Waals surface area contributed by atoms with Gasteiger partial charge in [0.1, 0.15) is 5.82 Å². The van der Waals surface area contributed by atoms with E-state index in [2.05, 4.69) is 73.7 Å². The van der Waals surface area contributed by atoms with Crippen LogP contribution >= 0.6 is 0 Å². The molecule has 152 valence electrons. The highest BCUT2D eigenvalue weighted by atomic mass is 15.2. The molecule has 1 aliphatic carbocycles. The Morgan fingerprint density at radius 2 is 1.44 bits per heavy atom. The zero-order valence-electron chi connectivity index (χ0n) is 17.3. The van der Waals surface area contributed by atoms with Crippen molar-refractivity contribution in [3.63, 3.8) is 0 Å². The Bertz CT molecular complexity index is 1660. The van der Waals surface area contributed by atoms with E-state index in [4.69, 9.17) is 4.98 Å². The number of hydrogen-bond donors (Lipinski definition) is 0. The van der Waals surface area contributed by atoms with Crippen molar-refractivity contribution >= 4 is 38.8 Å². The quantitative estimate of drug-likeness (QED) is 0.357. The molecule has 0 unspecified atom stereocenters. The fourth-order valence-electron chi connectivity index (χ4n) is 5.10. The Balaban J connectivity index is 1.77. The number of aromatic nitrogens is 5. The first kappa shape index (κ1) is 17.4. The van der Waals surface area contributed by atoms with Crippen molar-refractivity contribution in [2.75, 3.05) is 0 Å². The van der Waals surface area contributed by atoms with Gasteiger partial charge in [-0.15, -0.1) is 0 Å². The lowest BCUT2D eigenvalue weighted by atomic mass is 10.00. The molecule has 4 heterocycles. The molecule has 7 rings (SSSR count). The largest absolute Gasteiger partial charge is 0.292 e. The summed E-state index contributed by atoms with van der Waals surface area (Å²) in [7, 11) is 0. The average Bonchev–Trinajstić information content (AvgIpc) is 3.38. The van der Waals surface area contributed by atoms with Crippen molar-refractivity contribution in [1.82, 2.24) is 24.1 Å². The highest BCUT2D eigenvalue weighted by molar-refractivity contribution is 6.19. The van der Waals surface area contributed by atoms with E-state index in [0.29, 0.717) is 5.95 Å². The van der Waals surface area contributed by atoms with Gasteiger partial charge in [0.05, 0.1) is 22.2 Å². The third kappa shape index (κ3) is 2.30. The Labute approximate surface area is 184 Å². The molecule has 0 N–H and O–H groups in total. The smallest absolute Gasteiger partial charge is 0.234 e. The van der Waals surface area contributed by atoms with Crippen LogP contribution in [0.4, 0.5) is 0 Å². The molecule has 0 radical (unpaired) electrons. The van der Waals surface area contributed by atoms with Crippen LogP contribution in [0.1, 0.15) is 17.7 Å². The SMILES string of the molecule is C1=Cc2c(c3ccc4c5ccccc5n(-c5ccccn5)c4c3n2-c2ncccn2)CC1. The minimum atomic E-state index is 0.690. The summed E-state index contributed by atoms with van der Waals surface area (Å²) in [4.78, 5) is 14.0. The Hall–Kier alpha value is -4.25. The number of rotatable bonds is 2. The number of pyridine rings is 1. The van der Waals surface area contributed by atoms with E-state index in [1.807, 2.05) is 36.8 Å². The highest BCUT2D eigenvalue weighted by Crippen LogP contribution is 2.41. The molecule has 5 nitrogen and oxygen atoms in total. The molecular formula is C27H19N5. The van der Waals surface area contributed by atoms with Gasteiger partial charge in [-0.2, -0.15) is 0 Å². The summed E-state index contributed by atoms with van der Waals surface area (Å²) in [6, 6.07) is 21.0. The summed E-state index contributed by atoms with van der Waals surface area (Å²) in [6.07, 6.45) is 12.0. The molecule has 0 amide bonds. The number of hydrogen-bond acceptors (Lipinski definition) is 3. The Morgan fingerprint density at radius 1 is 0.656 bits per heavy atom. The van der Waals surface area contributed by atoms with Crippen LogP contribution in [0.5, 0.6) is 0 Å². The first-order valence-corrected chi connectivity index (χ1v) is 10.9. The molecule has 5 heteroatoms. The second-order valence-electron chi connectivity index (χ2n) is 8.09. The number of aryl methyl sites for hydroxylation is 1. The summed E-state index contributed by atoms with van der Waals surface area (Å²) in [6.45, 7) is 0. The van der Waals surface area contributed by atoms with Crippen LogP contribution in [0.2, 0.25) is 0 Å². The topological polar surface area (TPSA) is 48.5 Å². The second kappa shape index (κ2) is 6.62. The van der Waals surface area contributed by atoms with Gasteiger partial charge in [-0.3, -0.25) is 9.13 Å². The molecule has 0 aliphatic heterocycles. The van der Waals surface area contributed by atoms with Crippen LogP contribution in [0.25, 0.3) is 50.6 Å². The third-order valence-corrected chi connectivity index (χ3v) is 6.38. The van der Waals surface area contributed by atoms with Crippen molar-refractivity contribution < 1.29 is 0 Å². The third-order valence-electron chi connectivity index (χ3n) is 6.38. The second-order valence-corrected chi connectivity index (χ2v) is 8.09. The normalized spacial score (nSPS) is 13.2. The zero-order chi connectivity index (χ0) is 21.1. The maximum Gasteiger partial charge on any atom is 0.234 e. The van der Waals surface area contributed by atoms with Crippen LogP contribution in [0.3, 0.4) is 0 Å². The van der Waals surface area contributed by atoms with E-state index in [1.54, 1.807) is 0 Å². The maximum atomic E-state index is 4.72. The van der Waals surface area contributed by atoms with E-state index in [0.717, 1.165) is 35.2 Å². The van der Waals surface area contributed by atoms with Crippen LogP contribution < -0.4 is 0 Å². The molecule has 0 atom stereocenters. The van der Waals surface area contributed by atoms with Gasteiger partial charge in [0, 0.05) is 34.7 Å². The first-order valence-electron chi connectivity index (χ1n) is 10.9. The minimum Gasteiger partial charge on any atom is -0.292 e. The van der Waals surface area contributed by atoms with Gasteiger partial charge < -0.3 is 0 Å².